The molecule has 0 unspecified atom stereocenters. The van der Waals surface area contributed by atoms with Crippen LogP contribution < -0.4 is 4.74 Å². The Balaban J connectivity index is 2.25. The van der Waals surface area contributed by atoms with Crippen molar-refractivity contribution < 1.29 is 14.3 Å². The van der Waals surface area contributed by atoms with Crippen LogP contribution in [-0.2, 0) is 9.59 Å². The van der Waals surface area contributed by atoms with Crippen LogP contribution in [0.1, 0.15) is 17.9 Å². The Bertz CT molecular complexity index is 424. The summed E-state index contributed by atoms with van der Waals surface area (Å²) >= 11 is 0. The van der Waals surface area contributed by atoms with E-state index in [1.807, 2.05) is 12.1 Å². The molecule has 84 valence electrons. The summed E-state index contributed by atoms with van der Waals surface area (Å²) in [7, 11) is 3.11. The predicted molar refractivity (Wildman–Crippen MR) is 58.1 cm³/mol. The molecule has 0 N–H and O–H groups in total. The summed E-state index contributed by atoms with van der Waals surface area (Å²) in [6.07, 6.45) is 0.266. The Labute approximate surface area is 93.8 Å². The van der Waals surface area contributed by atoms with E-state index in [9.17, 15) is 9.59 Å². The maximum atomic E-state index is 11.7. The standard InChI is InChI=1S/C12H13NO3/c1-13-11(14)7-10(12(13)15)8-3-5-9(16-2)6-4-8/h3-6,10H,7H2,1-2H3/t10-/m0/s1. The summed E-state index contributed by atoms with van der Waals surface area (Å²) in [6.45, 7) is 0. The first-order valence-corrected chi connectivity index (χ1v) is 5.08. The summed E-state index contributed by atoms with van der Waals surface area (Å²) < 4.78 is 5.04. The van der Waals surface area contributed by atoms with Gasteiger partial charge in [-0.15, -0.1) is 0 Å². The number of hydrogen-bond acceptors (Lipinski definition) is 3. The molecule has 2 rings (SSSR count). The number of methoxy groups -OCH3 is 1. The molecule has 1 aromatic rings. The van der Waals surface area contributed by atoms with Gasteiger partial charge in [0.1, 0.15) is 5.75 Å². The van der Waals surface area contributed by atoms with Gasteiger partial charge in [0.25, 0.3) is 0 Å². The molecule has 1 heterocycles. The SMILES string of the molecule is COc1ccc([C@@H]2CC(=O)N(C)C2=O)cc1. The number of carbonyl (C=O) groups is 2. The molecule has 0 aromatic heterocycles. The van der Waals surface area contributed by atoms with Gasteiger partial charge < -0.3 is 4.74 Å². The van der Waals surface area contributed by atoms with Crippen molar-refractivity contribution in [3.8, 4) is 5.75 Å². The van der Waals surface area contributed by atoms with Crippen LogP contribution in [0.15, 0.2) is 24.3 Å². The molecule has 0 aliphatic carbocycles. The van der Waals surface area contributed by atoms with Crippen molar-refractivity contribution in [2.75, 3.05) is 14.2 Å². The molecular formula is C12H13NO3. The quantitative estimate of drug-likeness (QED) is 0.701. The number of likely N-dealkylation sites (tertiary alicyclic amines) is 1. The first kappa shape index (κ1) is 10.7. The lowest BCUT2D eigenvalue weighted by molar-refractivity contribution is -0.137. The lowest BCUT2D eigenvalue weighted by Gasteiger charge is -2.09. The molecule has 1 fully saturated rings. The van der Waals surface area contributed by atoms with Crippen molar-refractivity contribution in [1.29, 1.82) is 0 Å². The summed E-state index contributed by atoms with van der Waals surface area (Å²) in [5.41, 5.74) is 0.864. The summed E-state index contributed by atoms with van der Waals surface area (Å²) in [5.74, 6) is 0.165. The van der Waals surface area contributed by atoms with Crippen molar-refractivity contribution in [1.82, 2.24) is 4.90 Å². The van der Waals surface area contributed by atoms with E-state index >= 15 is 0 Å². The lowest BCUT2D eigenvalue weighted by atomic mass is 9.97. The predicted octanol–water partition coefficient (Wildman–Crippen LogP) is 1.17. The second-order valence-electron chi connectivity index (χ2n) is 3.82. The van der Waals surface area contributed by atoms with Crippen molar-refractivity contribution in [2.45, 2.75) is 12.3 Å². The highest BCUT2D eigenvalue weighted by Gasteiger charge is 2.36. The Morgan fingerprint density at radius 2 is 1.88 bits per heavy atom. The van der Waals surface area contributed by atoms with Gasteiger partial charge in [0.05, 0.1) is 13.0 Å². The van der Waals surface area contributed by atoms with E-state index in [4.69, 9.17) is 4.74 Å². The average Bonchev–Trinajstić information content (AvgIpc) is 2.57. The van der Waals surface area contributed by atoms with Crippen molar-refractivity contribution in [2.24, 2.45) is 0 Å². The number of hydrogen-bond donors (Lipinski definition) is 0. The number of ether oxygens (including phenoxy) is 1. The number of likely N-dealkylation sites (N-methyl/N-ethyl adjacent to an activating group) is 1. The van der Waals surface area contributed by atoms with Crippen LogP contribution in [-0.4, -0.2) is 30.9 Å². The molecular weight excluding hydrogens is 206 g/mol. The fourth-order valence-corrected chi connectivity index (χ4v) is 1.85. The molecule has 16 heavy (non-hydrogen) atoms. The maximum absolute atomic E-state index is 11.7. The Morgan fingerprint density at radius 1 is 1.25 bits per heavy atom. The molecule has 0 bridgehead atoms. The van der Waals surface area contributed by atoms with Gasteiger partial charge in [0.15, 0.2) is 0 Å². The van der Waals surface area contributed by atoms with Crippen LogP contribution in [0.2, 0.25) is 0 Å². The highest BCUT2D eigenvalue weighted by molar-refractivity contribution is 6.05. The number of imide groups is 1. The van der Waals surface area contributed by atoms with E-state index in [-0.39, 0.29) is 24.2 Å². The monoisotopic (exact) mass is 219 g/mol. The van der Waals surface area contributed by atoms with Crippen LogP contribution in [0.25, 0.3) is 0 Å². The topological polar surface area (TPSA) is 46.6 Å². The summed E-state index contributed by atoms with van der Waals surface area (Å²) in [5, 5.41) is 0. The number of carbonyl (C=O) groups excluding carboxylic acids is 2. The van der Waals surface area contributed by atoms with Crippen LogP contribution in [0.4, 0.5) is 0 Å². The summed E-state index contributed by atoms with van der Waals surface area (Å²) in [4.78, 5) is 24.3. The van der Waals surface area contributed by atoms with Gasteiger partial charge >= 0.3 is 0 Å². The first-order chi connectivity index (χ1) is 7.63. The molecule has 1 aliphatic rings. The van der Waals surface area contributed by atoms with Gasteiger partial charge in [0.2, 0.25) is 11.8 Å². The van der Waals surface area contributed by atoms with E-state index in [1.165, 1.54) is 11.9 Å². The van der Waals surface area contributed by atoms with Gasteiger partial charge in [-0.2, -0.15) is 0 Å². The number of amides is 2. The Hall–Kier alpha value is -1.84. The maximum Gasteiger partial charge on any atom is 0.236 e. The van der Waals surface area contributed by atoms with E-state index in [1.54, 1.807) is 19.2 Å². The van der Waals surface area contributed by atoms with Crippen LogP contribution in [0.5, 0.6) is 5.75 Å². The molecule has 0 radical (unpaired) electrons. The number of benzene rings is 1. The van der Waals surface area contributed by atoms with Crippen LogP contribution >= 0.6 is 0 Å². The third kappa shape index (κ3) is 1.66. The fraction of sp³-hybridized carbons (Fsp3) is 0.333. The zero-order chi connectivity index (χ0) is 11.7. The van der Waals surface area contributed by atoms with Gasteiger partial charge in [0, 0.05) is 13.5 Å². The minimum atomic E-state index is -0.330. The van der Waals surface area contributed by atoms with Gasteiger partial charge in [-0.3, -0.25) is 14.5 Å². The average molecular weight is 219 g/mol. The van der Waals surface area contributed by atoms with Crippen molar-refractivity contribution in [3.05, 3.63) is 29.8 Å². The molecule has 4 heteroatoms. The molecule has 0 saturated carbocycles. The molecule has 1 aromatic carbocycles. The minimum absolute atomic E-state index is 0.120. The molecule has 4 nitrogen and oxygen atoms in total. The Morgan fingerprint density at radius 3 is 2.31 bits per heavy atom. The van der Waals surface area contributed by atoms with E-state index in [2.05, 4.69) is 0 Å². The summed E-state index contributed by atoms with van der Waals surface area (Å²) in [6, 6.07) is 7.25. The van der Waals surface area contributed by atoms with Gasteiger partial charge in [-0.1, -0.05) is 12.1 Å². The highest BCUT2D eigenvalue weighted by Crippen LogP contribution is 2.29. The first-order valence-electron chi connectivity index (χ1n) is 5.08. The van der Waals surface area contributed by atoms with E-state index in [0.717, 1.165) is 11.3 Å². The minimum Gasteiger partial charge on any atom is -0.497 e. The molecule has 1 saturated heterocycles. The highest BCUT2D eigenvalue weighted by atomic mass is 16.5. The molecule has 0 spiro atoms. The smallest absolute Gasteiger partial charge is 0.236 e. The van der Waals surface area contributed by atoms with E-state index < -0.39 is 0 Å². The van der Waals surface area contributed by atoms with Gasteiger partial charge in [-0.25, -0.2) is 0 Å². The van der Waals surface area contributed by atoms with Crippen molar-refractivity contribution >= 4 is 11.8 Å². The van der Waals surface area contributed by atoms with Crippen LogP contribution in [0, 0.1) is 0 Å². The van der Waals surface area contributed by atoms with Crippen LogP contribution in [0.3, 0.4) is 0 Å². The normalized spacial score (nSPS) is 20.4. The second-order valence-corrected chi connectivity index (χ2v) is 3.82. The zero-order valence-corrected chi connectivity index (χ0v) is 9.27. The number of nitrogens with zero attached hydrogens (tertiary/aromatic N) is 1. The van der Waals surface area contributed by atoms with Crippen molar-refractivity contribution in [3.63, 3.8) is 0 Å². The van der Waals surface area contributed by atoms with Gasteiger partial charge in [-0.05, 0) is 17.7 Å². The third-order valence-electron chi connectivity index (χ3n) is 2.90. The second kappa shape index (κ2) is 3.96. The molecule has 1 atom stereocenters. The zero-order valence-electron chi connectivity index (χ0n) is 9.27. The third-order valence-corrected chi connectivity index (χ3v) is 2.90. The number of rotatable bonds is 2. The Kier molecular flexibility index (Phi) is 2.64. The fourth-order valence-electron chi connectivity index (χ4n) is 1.85. The largest absolute Gasteiger partial charge is 0.497 e. The molecule has 1 aliphatic heterocycles. The lowest BCUT2D eigenvalue weighted by Crippen LogP contribution is -2.25. The van der Waals surface area contributed by atoms with E-state index in [0.29, 0.717) is 0 Å². The molecule has 2 amide bonds.